The van der Waals surface area contributed by atoms with Crippen LogP contribution in [0, 0.1) is 0 Å². The van der Waals surface area contributed by atoms with Crippen LogP contribution in [0.1, 0.15) is 20.3 Å². The third-order valence-electron chi connectivity index (χ3n) is 4.22. The molecule has 2 aromatic carbocycles. The van der Waals surface area contributed by atoms with Crippen molar-refractivity contribution in [2.45, 2.75) is 30.4 Å². The van der Waals surface area contributed by atoms with Crippen LogP contribution in [-0.4, -0.2) is 29.2 Å². The van der Waals surface area contributed by atoms with E-state index >= 15 is 0 Å². The number of carbonyl (C=O) groups is 2. The van der Waals surface area contributed by atoms with Gasteiger partial charge in [-0.2, -0.15) is 0 Å². The van der Waals surface area contributed by atoms with Crippen LogP contribution in [0.3, 0.4) is 0 Å². The van der Waals surface area contributed by atoms with Gasteiger partial charge in [-0.3, -0.25) is 9.59 Å². The van der Waals surface area contributed by atoms with Gasteiger partial charge in [0, 0.05) is 28.5 Å². The predicted molar refractivity (Wildman–Crippen MR) is 123 cm³/mol. The highest BCUT2D eigenvalue weighted by molar-refractivity contribution is 8.00. The Balaban J connectivity index is 1.65. The number of amides is 2. The highest BCUT2D eigenvalue weighted by atomic mass is 32.2. The molecule has 0 bridgehead atoms. The smallest absolute Gasteiger partial charge is 0.239 e. The largest absolute Gasteiger partial charge is 0.497 e. The minimum atomic E-state index is -0.272. The summed E-state index contributed by atoms with van der Waals surface area (Å²) in [7, 11) is 1.63. The van der Waals surface area contributed by atoms with Crippen LogP contribution >= 0.6 is 23.1 Å². The van der Waals surface area contributed by atoms with Crippen LogP contribution in [0.2, 0.25) is 0 Å². The first-order valence-corrected chi connectivity index (χ1v) is 11.2. The van der Waals surface area contributed by atoms with Crippen molar-refractivity contribution in [1.82, 2.24) is 4.98 Å². The second-order valence-electron chi connectivity index (χ2n) is 6.48. The van der Waals surface area contributed by atoms with Gasteiger partial charge in [0.05, 0.1) is 18.1 Å². The maximum atomic E-state index is 12.8. The molecule has 156 valence electrons. The fourth-order valence-electron chi connectivity index (χ4n) is 2.75. The minimum absolute atomic E-state index is 0.0944. The van der Waals surface area contributed by atoms with E-state index in [4.69, 9.17) is 4.74 Å². The Kier molecular flexibility index (Phi) is 7.48. The Labute approximate surface area is 184 Å². The number of thioether (sulfide) groups is 1. The second-order valence-corrected chi connectivity index (χ2v) is 8.61. The highest BCUT2D eigenvalue weighted by Gasteiger charge is 2.19. The Morgan fingerprint density at radius 3 is 2.60 bits per heavy atom. The number of hydrogen-bond donors (Lipinski definition) is 2. The highest BCUT2D eigenvalue weighted by Crippen LogP contribution is 2.30. The standard InChI is InChI=1S/C22H23N3O3S2/c1-4-20(30-18-7-5-6-16(12-18)23-14(2)26)21(27)25-22-24-19(13-29-22)15-8-10-17(28-3)11-9-15/h5-13,20H,4H2,1-3H3,(H,23,26)(H,24,25,27). The lowest BCUT2D eigenvalue weighted by Gasteiger charge is -2.14. The molecule has 3 rings (SSSR count). The molecule has 0 aliphatic rings. The lowest BCUT2D eigenvalue weighted by molar-refractivity contribution is -0.116. The van der Waals surface area contributed by atoms with E-state index in [-0.39, 0.29) is 17.1 Å². The molecule has 0 fully saturated rings. The molecular weight excluding hydrogens is 418 g/mol. The Morgan fingerprint density at radius 2 is 1.93 bits per heavy atom. The molecule has 0 saturated carbocycles. The normalized spacial score (nSPS) is 11.6. The van der Waals surface area contributed by atoms with E-state index in [1.807, 2.05) is 60.8 Å². The summed E-state index contributed by atoms with van der Waals surface area (Å²) in [5.74, 6) is 0.564. The van der Waals surface area contributed by atoms with Gasteiger partial charge < -0.3 is 15.4 Å². The van der Waals surface area contributed by atoms with Crippen molar-refractivity contribution in [3.63, 3.8) is 0 Å². The monoisotopic (exact) mass is 441 g/mol. The lowest BCUT2D eigenvalue weighted by atomic mass is 10.2. The van der Waals surface area contributed by atoms with Crippen molar-refractivity contribution in [1.29, 1.82) is 0 Å². The van der Waals surface area contributed by atoms with Gasteiger partial charge in [0.1, 0.15) is 5.75 Å². The Bertz CT molecular complexity index is 1020. The van der Waals surface area contributed by atoms with Crippen molar-refractivity contribution in [2.75, 3.05) is 17.7 Å². The molecule has 0 aliphatic carbocycles. The summed E-state index contributed by atoms with van der Waals surface area (Å²) in [4.78, 5) is 29.5. The Morgan fingerprint density at radius 1 is 1.17 bits per heavy atom. The van der Waals surface area contributed by atoms with Crippen LogP contribution < -0.4 is 15.4 Å². The molecule has 0 aliphatic heterocycles. The summed E-state index contributed by atoms with van der Waals surface area (Å²) >= 11 is 2.86. The number of thiazole rings is 1. The third kappa shape index (κ3) is 5.84. The first-order chi connectivity index (χ1) is 14.5. The molecule has 1 unspecified atom stereocenters. The molecule has 1 heterocycles. The summed E-state index contributed by atoms with van der Waals surface area (Å²) in [5, 5.41) is 7.90. The zero-order valence-corrected chi connectivity index (χ0v) is 18.6. The van der Waals surface area contributed by atoms with E-state index in [1.54, 1.807) is 7.11 Å². The number of benzene rings is 2. The van der Waals surface area contributed by atoms with Gasteiger partial charge >= 0.3 is 0 Å². The summed E-state index contributed by atoms with van der Waals surface area (Å²) < 4.78 is 5.18. The number of anilines is 2. The summed E-state index contributed by atoms with van der Waals surface area (Å²) in [5.41, 5.74) is 2.48. The Hall–Kier alpha value is -2.84. The van der Waals surface area contributed by atoms with Crippen LogP contribution in [0.15, 0.2) is 58.8 Å². The van der Waals surface area contributed by atoms with Crippen molar-refractivity contribution >= 4 is 45.7 Å². The molecule has 0 radical (unpaired) electrons. The molecule has 3 aromatic rings. The average molecular weight is 442 g/mol. The van der Waals surface area contributed by atoms with Crippen LogP contribution in [0.5, 0.6) is 5.75 Å². The number of nitrogens with zero attached hydrogens (tertiary/aromatic N) is 1. The number of carbonyl (C=O) groups excluding carboxylic acids is 2. The van der Waals surface area contributed by atoms with E-state index in [1.165, 1.54) is 30.0 Å². The average Bonchev–Trinajstić information content (AvgIpc) is 3.20. The number of rotatable bonds is 8. The van der Waals surface area contributed by atoms with Gasteiger partial charge in [-0.1, -0.05) is 13.0 Å². The fraction of sp³-hybridized carbons (Fsp3) is 0.227. The van der Waals surface area contributed by atoms with Gasteiger partial charge in [-0.25, -0.2) is 4.98 Å². The zero-order chi connectivity index (χ0) is 21.5. The third-order valence-corrected chi connectivity index (χ3v) is 6.33. The minimum Gasteiger partial charge on any atom is -0.497 e. The number of methoxy groups -OCH3 is 1. The molecule has 0 spiro atoms. The van der Waals surface area contributed by atoms with Crippen molar-refractivity contribution in [3.05, 3.63) is 53.9 Å². The van der Waals surface area contributed by atoms with E-state index in [0.717, 1.165) is 21.9 Å². The number of nitrogens with one attached hydrogen (secondary N) is 2. The van der Waals surface area contributed by atoms with Gasteiger partial charge in [-0.05, 0) is 48.9 Å². The van der Waals surface area contributed by atoms with Crippen molar-refractivity contribution in [2.24, 2.45) is 0 Å². The maximum Gasteiger partial charge on any atom is 0.239 e. The number of aromatic nitrogens is 1. The maximum absolute atomic E-state index is 12.8. The molecule has 0 saturated heterocycles. The molecule has 1 atom stereocenters. The van der Waals surface area contributed by atoms with Gasteiger partial charge in [0.15, 0.2) is 5.13 Å². The van der Waals surface area contributed by atoms with Crippen LogP contribution in [0.4, 0.5) is 10.8 Å². The molecular formula is C22H23N3O3S2. The molecule has 30 heavy (non-hydrogen) atoms. The fourth-order valence-corrected chi connectivity index (χ4v) is 4.48. The van der Waals surface area contributed by atoms with Crippen LogP contribution in [0.25, 0.3) is 11.3 Å². The van der Waals surface area contributed by atoms with Gasteiger partial charge in [0.2, 0.25) is 11.8 Å². The molecule has 1 aromatic heterocycles. The first kappa shape index (κ1) is 21.9. The second kappa shape index (κ2) is 10.3. The van der Waals surface area contributed by atoms with Gasteiger partial charge in [0.25, 0.3) is 0 Å². The molecule has 2 N–H and O–H groups in total. The number of ether oxygens (including phenoxy) is 1. The topological polar surface area (TPSA) is 80.3 Å². The molecule has 2 amide bonds. The van der Waals surface area contributed by atoms with Crippen molar-refractivity contribution < 1.29 is 14.3 Å². The molecule has 8 heteroatoms. The summed E-state index contributed by atoms with van der Waals surface area (Å²) in [6, 6.07) is 15.1. The number of hydrogen-bond acceptors (Lipinski definition) is 6. The predicted octanol–water partition coefficient (Wildman–Crippen LogP) is 5.29. The zero-order valence-electron chi connectivity index (χ0n) is 17.0. The summed E-state index contributed by atoms with van der Waals surface area (Å²) in [6.07, 6.45) is 0.664. The lowest BCUT2D eigenvalue weighted by Crippen LogP contribution is -2.24. The first-order valence-electron chi connectivity index (χ1n) is 9.43. The SMILES string of the molecule is CCC(Sc1cccc(NC(C)=O)c1)C(=O)Nc1nc(-c2ccc(OC)cc2)cs1. The molecule has 6 nitrogen and oxygen atoms in total. The van der Waals surface area contributed by atoms with E-state index in [2.05, 4.69) is 15.6 Å². The van der Waals surface area contributed by atoms with E-state index in [9.17, 15) is 9.59 Å². The van der Waals surface area contributed by atoms with Gasteiger partial charge in [-0.15, -0.1) is 23.1 Å². The van der Waals surface area contributed by atoms with Crippen molar-refractivity contribution in [3.8, 4) is 17.0 Å². The summed E-state index contributed by atoms with van der Waals surface area (Å²) in [6.45, 7) is 3.44. The van der Waals surface area contributed by atoms with E-state index < -0.39 is 0 Å². The van der Waals surface area contributed by atoms with E-state index in [0.29, 0.717) is 17.2 Å². The quantitative estimate of drug-likeness (QED) is 0.465. The van der Waals surface area contributed by atoms with Crippen LogP contribution in [-0.2, 0) is 9.59 Å².